The van der Waals surface area contributed by atoms with Gasteiger partial charge in [-0.2, -0.15) is 0 Å². The molecule has 4 nitrogen and oxygen atoms in total. The molecule has 2 rings (SSSR count). The molecule has 106 valence electrons. The number of hydrogen-bond donors (Lipinski definition) is 2. The van der Waals surface area contributed by atoms with Gasteiger partial charge in [-0.25, -0.2) is 5.43 Å². The van der Waals surface area contributed by atoms with Crippen molar-refractivity contribution in [1.82, 2.24) is 10.4 Å². The van der Waals surface area contributed by atoms with Gasteiger partial charge in [-0.15, -0.1) is 0 Å². The van der Waals surface area contributed by atoms with Crippen LogP contribution in [0.5, 0.6) is 5.75 Å². The van der Waals surface area contributed by atoms with E-state index in [9.17, 15) is 0 Å². The lowest BCUT2D eigenvalue weighted by atomic mass is 10.0. The predicted octanol–water partition coefficient (Wildman–Crippen LogP) is 3.56. The maximum absolute atomic E-state index is 5.71. The number of rotatable bonds is 5. The van der Waals surface area contributed by atoms with E-state index in [1.807, 2.05) is 31.2 Å². The summed E-state index contributed by atoms with van der Waals surface area (Å²) in [4.78, 5) is 4.20. The summed E-state index contributed by atoms with van der Waals surface area (Å²) in [5.74, 6) is 6.45. The Bertz CT molecular complexity index is 572. The van der Waals surface area contributed by atoms with E-state index in [2.05, 4.69) is 42.3 Å². The highest BCUT2D eigenvalue weighted by Crippen LogP contribution is 2.28. The molecule has 1 aromatic carbocycles. The van der Waals surface area contributed by atoms with E-state index in [1.54, 1.807) is 12.4 Å². The zero-order valence-corrected chi connectivity index (χ0v) is 14.1. The normalized spacial score (nSPS) is 12.2. The number of aromatic nitrogens is 1. The molecule has 0 aliphatic heterocycles. The largest absolute Gasteiger partial charge is 0.492 e. The van der Waals surface area contributed by atoms with E-state index < -0.39 is 0 Å². The van der Waals surface area contributed by atoms with Crippen LogP contribution in [-0.4, -0.2) is 11.6 Å². The fourth-order valence-corrected chi connectivity index (χ4v) is 3.29. The van der Waals surface area contributed by atoms with Crippen LogP contribution in [0.3, 0.4) is 0 Å². The van der Waals surface area contributed by atoms with E-state index in [1.165, 1.54) is 0 Å². The Morgan fingerprint density at radius 2 is 1.85 bits per heavy atom. The summed E-state index contributed by atoms with van der Waals surface area (Å²) in [5.41, 5.74) is 4.80. The first-order valence-electron chi connectivity index (χ1n) is 6.14. The number of hydrogen-bond acceptors (Lipinski definition) is 4. The number of pyridine rings is 1. The molecule has 0 aliphatic rings. The number of nitrogens with zero attached hydrogens (tertiary/aromatic N) is 1. The van der Waals surface area contributed by atoms with Gasteiger partial charge in [-0.05, 0) is 42.3 Å². The molecule has 0 saturated heterocycles. The van der Waals surface area contributed by atoms with Crippen molar-refractivity contribution in [2.75, 3.05) is 6.61 Å². The minimum Gasteiger partial charge on any atom is -0.492 e. The smallest absolute Gasteiger partial charge is 0.137 e. The average molecular weight is 401 g/mol. The lowest BCUT2D eigenvalue weighted by Gasteiger charge is -2.18. The number of hydrazine groups is 1. The van der Waals surface area contributed by atoms with Gasteiger partial charge in [-0.1, -0.05) is 31.9 Å². The van der Waals surface area contributed by atoms with E-state index in [4.69, 9.17) is 10.6 Å². The van der Waals surface area contributed by atoms with Crippen LogP contribution in [0, 0.1) is 0 Å². The Hall–Kier alpha value is -0.950. The Morgan fingerprint density at radius 3 is 2.45 bits per heavy atom. The standard InChI is InChI=1S/C14H15Br2N3O/c1-2-20-13-5-10(7-18-8-13)14(19-17)9-3-11(15)6-12(16)4-9/h3-8,14,19H,2,17H2,1H3. The Kier molecular flexibility index (Phi) is 5.54. The number of nitrogens with one attached hydrogen (secondary N) is 1. The molecule has 2 aromatic rings. The number of ether oxygens (including phenoxy) is 1. The molecular formula is C14H15Br2N3O. The van der Waals surface area contributed by atoms with Crippen LogP contribution < -0.4 is 16.0 Å². The molecule has 3 N–H and O–H groups in total. The highest BCUT2D eigenvalue weighted by atomic mass is 79.9. The topological polar surface area (TPSA) is 60.2 Å². The maximum Gasteiger partial charge on any atom is 0.137 e. The van der Waals surface area contributed by atoms with Crippen molar-refractivity contribution in [3.63, 3.8) is 0 Å². The van der Waals surface area contributed by atoms with Crippen LogP contribution in [-0.2, 0) is 0 Å². The van der Waals surface area contributed by atoms with Crippen molar-refractivity contribution >= 4 is 31.9 Å². The van der Waals surface area contributed by atoms with Crippen molar-refractivity contribution in [2.45, 2.75) is 13.0 Å². The molecule has 6 heteroatoms. The molecule has 1 atom stereocenters. The minimum atomic E-state index is -0.156. The molecule has 1 heterocycles. The van der Waals surface area contributed by atoms with Gasteiger partial charge < -0.3 is 4.74 Å². The van der Waals surface area contributed by atoms with Gasteiger partial charge in [0.25, 0.3) is 0 Å². The lowest BCUT2D eigenvalue weighted by molar-refractivity contribution is 0.338. The van der Waals surface area contributed by atoms with E-state index in [0.717, 1.165) is 25.8 Å². The second-order valence-electron chi connectivity index (χ2n) is 4.19. The highest BCUT2D eigenvalue weighted by Gasteiger charge is 2.15. The summed E-state index contributed by atoms with van der Waals surface area (Å²) in [6, 6.07) is 7.80. The third-order valence-electron chi connectivity index (χ3n) is 2.76. The third-order valence-corrected chi connectivity index (χ3v) is 3.68. The van der Waals surface area contributed by atoms with Crippen molar-refractivity contribution in [3.05, 3.63) is 56.7 Å². The summed E-state index contributed by atoms with van der Waals surface area (Å²) in [6.07, 6.45) is 3.47. The summed E-state index contributed by atoms with van der Waals surface area (Å²) in [5, 5.41) is 0. The highest BCUT2D eigenvalue weighted by molar-refractivity contribution is 9.11. The fourth-order valence-electron chi connectivity index (χ4n) is 1.97. The molecule has 1 unspecified atom stereocenters. The molecule has 1 aromatic heterocycles. The maximum atomic E-state index is 5.71. The quantitative estimate of drug-likeness (QED) is 0.595. The summed E-state index contributed by atoms with van der Waals surface area (Å²) in [7, 11) is 0. The first-order valence-corrected chi connectivity index (χ1v) is 7.72. The molecule has 0 bridgehead atoms. The van der Waals surface area contributed by atoms with Crippen LogP contribution in [0.15, 0.2) is 45.6 Å². The van der Waals surface area contributed by atoms with Crippen LogP contribution >= 0.6 is 31.9 Å². The Morgan fingerprint density at radius 1 is 1.15 bits per heavy atom. The molecule has 0 amide bonds. The molecule has 0 aliphatic carbocycles. The van der Waals surface area contributed by atoms with Crippen molar-refractivity contribution in [3.8, 4) is 5.75 Å². The van der Waals surface area contributed by atoms with Crippen LogP contribution in [0.25, 0.3) is 0 Å². The number of benzene rings is 1. The van der Waals surface area contributed by atoms with Crippen LogP contribution in [0.4, 0.5) is 0 Å². The van der Waals surface area contributed by atoms with Crippen LogP contribution in [0.2, 0.25) is 0 Å². The lowest BCUT2D eigenvalue weighted by Crippen LogP contribution is -2.29. The monoisotopic (exact) mass is 399 g/mol. The van der Waals surface area contributed by atoms with Crippen LogP contribution in [0.1, 0.15) is 24.1 Å². The summed E-state index contributed by atoms with van der Waals surface area (Å²) >= 11 is 6.97. The first kappa shape index (κ1) is 15.4. The number of halogens is 2. The van der Waals surface area contributed by atoms with Crippen molar-refractivity contribution in [2.24, 2.45) is 5.84 Å². The van der Waals surface area contributed by atoms with Gasteiger partial charge in [0.15, 0.2) is 0 Å². The second kappa shape index (κ2) is 7.17. The fraction of sp³-hybridized carbons (Fsp3) is 0.214. The summed E-state index contributed by atoms with van der Waals surface area (Å²) < 4.78 is 7.44. The second-order valence-corrected chi connectivity index (χ2v) is 6.02. The SMILES string of the molecule is CCOc1cncc(C(NN)c2cc(Br)cc(Br)c2)c1. The summed E-state index contributed by atoms with van der Waals surface area (Å²) in [6.45, 7) is 2.55. The number of nitrogens with two attached hydrogens (primary N) is 1. The Labute approximate surface area is 135 Å². The first-order chi connectivity index (χ1) is 9.63. The van der Waals surface area contributed by atoms with Crippen molar-refractivity contribution < 1.29 is 4.74 Å². The minimum absolute atomic E-state index is 0.156. The molecule has 20 heavy (non-hydrogen) atoms. The van der Waals surface area contributed by atoms with Gasteiger partial charge in [0.05, 0.1) is 18.8 Å². The van der Waals surface area contributed by atoms with E-state index >= 15 is 0 Å². The van der Waals surface area contributed by atoms with Gasteiger partial charge in [0.2, 0.25) is 0 Å². The van der Waals surface area contributed by atoms with E-state index in [0.29, 0.717) is 6.61 Å². The van der Waals surface area contributed by atoms with E-state index in [-0.39, 0.29) is 6.04 Å². The molecule has 0 fully saturated rings. The van der Waals surface area contributed by atoms with Gasteiger partial charge in [0.1, 0.15) is 5.75 Å². The predicted molar refractivity (Wildman–Crippen MR) is 86.4 cm³/mol. The van der Waals surface area contributed by atoms with Gasteiger partial charge in [-0.3, -0.25) is 10.8 Å². The molecule has 0 spiro atoms. The average Bonchev–Trinajstić information content (AvgIpc) is 2.39. The third kappa shape index (κ3) is 3.79. The molecule has 0 saturated carbocycles. The van der Waals surface area contributed by atoms with Gasteiger partial charge in [0, 0.05) is 15.1 Å². The zero-order chi connectivity index (χ0) is 14.5. The Balaban J connectivity index is 2.38. The van der Waals surface area contributed by atoms with Crippen molar-refractivity contribution in [1.29, 1.82) is 0 Å². The molecular weight excluding hydrogens is 386 g/mol. The van der Waals surface area contributed by atoms with Gasteiger partial charge >= 0.3 is 0 Å². The zero-order valence-electron chi connectivity index (χ0n) is 10.9. The molecule has 0 radical (unpaired) electrons.